The first-order chi connectivity index (χ1) is 7.61. The molecule has 0 fully saturated rings. The highest BCUT2D eigenvalue weighted by molar-refractivity contribution is 5.90. The van der Waals surface area contributed by atoms with Crippen LogP contribution in [-0.2, 0) is 6.42 Å². The Morgan fingerprint density at radius 3 is 2.81 bits per heavy atom. The summed E-state index contributed by atoms with van der Waals surface area (Å²) in [6.45, 7) is 0. The average molecular weight is 223 g/mol. The van der Waals surface area contributed by atoms with E-state index in [1.54, 1.807) is 0 Å². The summed E-state index contributed by atoms with van der Waals surface area (Å²) >= 11 is 0. The van der Waals surface area contributed by atoms with Crippen LogP contribution in [0.3, 0.4) is 0 Å². The molecule has 0 aromatic heterocycles. The van der Waals surface area contributed by atoms with E-state index in [9.17, 15) is 9.18 Å². The number of aromatic carboxylic acids is 1. The number of carboxylic acids is 1. The fourth-order valence-electron chi connectivity index (χ4n) is 1.45. The number of carboxylic acid groups (broad SMARTS) is 1. The third-order valence-corrected chi connectivity index (χ3v) is 2.14. The third-order valence-electron chi connectivity index (χ3n) is 2.14. The van der Waals surface area contributed by atoms with E-state index in [2.05, 4.69) is 0 Å². The lowest BCUT2D eigenvalue weighted by molar-refractivity contribution is 0.0690. The summed E-state index contributed by atoms with van der Waals surface area (Å²) in [6.07, 6.45) is 0.263. The van der Waals surface area contributed by atoms with Gasteiger partial charge in [0.15, 0.2) is 0 Å². The van der Waals surface area contributed by atoms with Gasteiger partial charge in [0.05, 0.1) is 13.2 Å². The quantitative estimate of drug-likeness (QED) is 0.847. The van der Waals surface area contributed by atoms with Gasteiger partial charge in [-0.25, -0.2) is 9.18 Å². The smallest absolute Gasteiger partial charge is 0.339 e. The maximum atomic E-state index is 13.3. The molecule has 0 saturated heterocycles. The zero-order chi connectivity index (χ0) is 12.1. The van der Waals surface area contributed by atoms with Crippen LogP contribution in [0.2, 0.25) is 0 Å². The maximum absolute atomic E-state index is 13.3. The normalized spacial score (nSPS) is 9.56. The zero-order valence-electron chi connectivity index (χ0n) is 8.66. The minimum Gasteiger partial charge on any atom is -0.496 e. The van der Waals surface area contributed by atoms with Crippen molar-refractivity contribution in [2.75, 3.05) is 7.11 Å². The van der Waals surface area contributed by atoms with Crippen molar-refractivity contribution in [2.24, 2.45) is 0 Å². The van der Waals surface area contributed by atoms with E-state index >= 15 is 0 Å². The van der Waals surface area contributed by atoms with E-state index in [1.165, 1.54) is 13.2 Å². The molecule has 1 aromatic carbocycles. The van der Waals surface area contributed by atoms with Crippen molar-refractivity contribution in [1.82, 2.24) is 0 Å². The van der Waals surface area contributed by atoms with Gasteiger partial charge in [-0.3, -0.25) is 0 Å². The number of nitriles is 1. The average Bonchev–Trinajstić information content (AvgIpc) is 2.25. The Labute approximate surface area is 91.9 Å². The monoisotopic (exact) mass is 223 g/mol. The summed E-state index contributed by atoms with van der Waals surface area (Å²) in [5.41, 5.74) is -0.203. The van der Waals surface area contributed by atoms with Gasteiger partial charge >= 0.3 is 5.97 Å². The molecule has 5 heteroatoms. The predicted octanol–water partition coefficient (Wildman–Crippen LogP) is 1.99. The van der Waals surface area contributed by atoms with Crippen LogP contribution in [0.15, 0.2) is 12.1 Å². The number of benzene rings is 1. The summed E-state index contributed by atoms with van der Waals surface area (Å²) in [6, 6.07) is 4.28. The van der Waals surface area contributed by atoms with E-state index in [0.717, 1.165) is 6.07 Å². The van der Waals surface area contributed by atoms with Crippen molar-refractivity contribution in [3.63, 3.8) is 0 Å². The molecule has 16 heavy (non-hydrogen) atoms. The van der Waals surface area contributed by atoms with Crippen molar-refractivity contribution in [2.45, 2.75) is 12.8 Å². The van der Waals surface area contributed by atoms with Gasteiger partial charge in [0.2, 0.25) is 0 Å². The number of carbonyl (C=O) groups is 1. The van der Waals surface area contributed by atoms with Crippen LogP contribution in [0.4, 0.5) is 4.39 Å². The molecule has 0 amide bonds. The van der Waals surface area contributed by atoms with Crippen molar-refractivity contribution < 1.29 is 19.0 Å². The number of nitrogens with zero attached hydrogens (tertiary/aromatic N) is 1. The van der Waals surface area contributed by atoms with E-state index in [4.69, 9.17) is 15.1 Å². The number of hydrogen-bond donors (Lipinski definition) is 1. The highest BCUT2D eigenvalue weighted by Crippen LogP contribution is 2.26. The molecule has 0 aliphatic carbocycles. The minimum absolute atomic E-state index is 0.111. The summed E-state index contributed by atoms with van der Waals surface area (Å²) in [4.78, 5) is 10.9. The van der Waals surface area contributed by atoms with Gasteiger partial charge in [0.25, 0.3) is 0 Å². The summed E-state index contributed by atoms with van der Waals surface area (Å²) < 4.78 is 18.3. The fraction of sp³-hybridized carbons (Fsp3) is 0.273. The van der Waals surface area contributed by atoms with Crippen molar-refractivity contribution >= 4 is 5.97 Å². The number of methoxy groups -OCH3 is 1. The molecule has 0 saturated carbocycles. The first-order valence-electron chi connectivity index (χ1n) is 4.57. The van der Waals surface area contributed by atoms with E-state index in [0.29, 0.717) is 0 Å². The summed E-state index contributed by atoms with van der Waals surface area (Å²) in [5, 5.41) is 17.3. The molecule has 0 bridgehead atoms. The van der Waals surface area contributed by atoms with E-state index in [-0.39, 0.29) is 24.2 Å². The van der Waals surface area contributed by atoms with E-state index in [1.807, 2.05) is 6.07 Å². The molecular weight excluding hydrogens is 213 g/mol. The number of hydrogen-bond acceptors (Lipinski definition) is 3. The van der Waals surface area contributed by atoms with Gasteiger partial charge in [0.1, 0.15) is 17.1 Å². The molecule has 84 valence electrons. The van der Waals surface area contributed by atoms with Gasteiger partial charge < -0.3 is 9.84 Å². The van der Waals surface area contributed by atoms with Crippen LogP contribution in [0, 0.1) is 17.1 Å². The van der Waals surface area contributed by atoms with Gasteiger partial charge in [-0.2, -0.15) is 5.26 Å². The fourth-order valence-corrected chi connectivity index (χ4v) is 1.45. The molecule has 0 spiro atoms. The zero-order valence-corrected chi connectivity index (χ0v) is 8.66. The lowest BCUT2D eigenvalue weighted by Gasteiger charge is -2.10. The highest BCUT2D eigenvalue weighted by Gasteiger charge is 2.19. The SMILES string of the molecule is COc1ccc(F)c(C(=O)O)c1CCC#N. The van der Waals surface area contributed by atoms with Crippen LogP contribution in [0.1, 0.15) is 22.3 Å². The number of ether oxygens (including phenoxy) is 1. The number of rotatable bonds is 4. The minimum atomic E-state index is -1.36. The molecule has 0 aliphatic rings. The van der Waals surface area contributed by atoms with Gasteiger partial charge in [-0.15, -0.1) is 0 Å². The maximum Gasteiger partial charge on any atom is 0.339 e. The lowest BCUT2D eigenvalue weighted by atomic mass is 10.0. The van der Waals surface area contributed by atoms with Crippen molar-refractivity contribution in [1.29, 1.82) is 5.26 Å². The van der Waals surface area contributed by atoms with Gasteiger partial charge in [-0.1, -0.05) is 0 Å². The van der Waals surface area contributed by atoms with Crippen molar-refractivity contribution in [3.8, 4) is 11.8 Å². The topological polar surface area (TPSA) is 70.3 Å². The lowest BCUT2D eigenvalue weighted by Crippen LogP contribution is -2.08. The molecule has 0 heterocycles. The Kier molecular flexibility index (Phi) is 3.84. The molecule has 4 nitrogen and oxygen atoms in total. The Balaban J connectivity index is 3.31. The van der Waals surface area contributed by atoms with Crippen molar-refractivity contribution in [3.05, 3.63) is 29.1 Å². The molecule has 0 atom stereocenters. The Hall–Kier alpha value is -2.09. The Bertz CT molecular complexity index is 451. The highest BCUT2D eigenvalue weighted by atomic mass is 19.1. The first kappa shape index (κ1) is 12.0. The predicted molar refractivity (Wildman–Crippen MR) is 53.8 cm³/mol. The van der Waals surface area contributed by atoms with Crippen LogP contribution in [0.25, 0.3) is 0 Å². The molecular formula is C11H10FNO3. The van der Waals surface area contributed by atoms with Gasteiger partial charge in [0, 0.05) is 12.0 Å². The van der Waals surface area contributed by atoms with Crippen LogP contribution in [-0.4, -0.2) is 18.2 Å². The molecule has 0 radical (unpaired) electrons. The third kappa shape index (κ3) is 2.28. The first-order valence-corrected chi connectivity index (χ1v) is 4.57. The Morgan fingerprint density at radius 1 is 1.62 bits per heavy atom. The molecule has 0 aliphatic heterocycles. The molecule has 1 rings (SSSR count). The Morgan fingerprint density at radius 2 is 2.31 bits per heavy atom. The standard InChI is InChI=1S/C11H10FNO3/c1-16-9-5-4-8(12)10(11(14)15)7(9)3-2-6-13/h4-5H,2-3H2,1H3,(H,14,15). The summed E-state index contributed by atoms with van der Waals surface area (Å²) in [7, 11) is 1.37. The largest absolute Gasteiger partial charge is 0.496 e. The second-order valence-corrected chi connectivity index (χ2v) is 3.07. The second-order valence-electron chi connectivity index (χ2n) is 3.07. The van der Waals surface area contributed by atoms with E-state index < -0.39 is 17.3 Å². The molecule has 0 unspecified atom stereocenters. The molecule has 1 aromatic rings. The van der Waals surface area contributed by atoms with Crippen LogP contribution < -0.4 is 4.74 Å². The van der Waals surface area contributed by atoms with Crippen LogP contribution >= 0.6 is 0 Å². The number of halogens is 1. The van der Waals surface area contributed by atoms with Gasteiger partial charge in [-0.05, 0) is 18.6 Å². The second kappa shape index (κ2) is 5.12. The summed E-state index contributed by atoms with van der Waals surface area (Å²) in [5.74, 6) is -1.89. The molecule has 1 N–H and O–H groups in total. The van der Waals surface area contributed by atoms with Crippen LogP contribution in [0.5, 0.6) is 5.75 Å².